The van der Waals surface area contributed by atoms with Crippen molar-refractivity contribution < 1.29 is 19.1 Å². The summed E-state index contributed by atoms with van der Waals surface area (Å²) >= 11 is 1.37. The van der Waals surface area contributed by atoms with Gasteiger partial charge in [0.05, 0.1) is 13.7 Å². The molecule has 0 bridgehead atoms. The van der Waals surface area contributed by atoms with Crippen LogP contribution in [-0.4, -0.2) is 41.2 Å². The number of hydrogen-bond acceptors (Lipinski definition) is 7. The summed E-state index contributed by atoms with van der Waals surface area (Å²) in [6, 6.07) is 6.72. The molecule has 1 aliphatic heterocycles. The Morgan fingerprint density at radius 3 is 2.65 bits per heavy atom. The van der Waals surface area contributed by atoms with Crippen molar-refractivity contribution in [3.63, 3.8) is 0 Å². The van der Waals surface area contributed by atoms with Crippen molar-refractivity contribution >= 4 is 28.8 Å². The number of esters is 1. The number of aliphatic imine (C=N–C) groups is 1. The fourth-order valence-electron chi connectivity index (χ4n) is 3.42. The summed E-state index contributed by atoms with van der Waals surface area (Å²) in [5, 5.41) is 0.708. The first-order valence-corrected chi connectivity index (χ1v) is 9.21. The highest BCUT2D eigenvalue weighted by Crippen LogP contribution is 2.56. The molecule has 1 saturated carbocycles. The Morgan fingerprint density at radius 1 is 1.31 bits per heavy atom. The minimum Gasteiger partial charge on any atom is -0.497 e. The molecule has 0 radical (unpaired) electrons. The molecule has 1 heterocycles. The molecule has 8 nitrogen and oxygen atoms in total. The highest BCUT2D eigenvalue weighted by molar-refractivity contribution is 8.16. The largest absolute Gasteiger partial charge is 0.497 e. The number of amides is 2. The van der Waals surface area contributed by atoms with E-state index in [4.69, 9.17) is 20.2 Å². The van der Waals surface area contributed by atoms with Gasteiger partial charge in [-0.25, -0.2) is 10.2 Å². The molecule has 0 aromatic heterocycles. The van der Waals surface area contributed by atoms with Gasteiger partial charge in [0, 0.05) is 5.56 Å². The summed E-state index contributed by atoms with van der Waals surface area (Å²) in [6.45, 7) is 2.05. The topological polar surface area (TPSA) is 115 Å². The van der Waals surface area contributed by atoms with Crippen LogP contribution in [0.1, 0.15) is 31.7 Å². The lowest BCUT2D eigenvalue weighted by molar-refractivity contribution is -0.147. The fraction of sp³-hybridized carbons (Fsp3) is 0.471. The maximum Gasteiger partial charge on any atom is 0.326 e. The van der Waals surface area contributed by atoms with E-state index >= 15 is 0 Å². The molecular formula is C17H22N4O4S. The van der Waals surface area contributed by atoms with Crippen LogP contribution in [0, 0.1) is 0 Å². The van der Waals surface area contributed by atoms with Gasteiger partial charge in [0.25, 0.3) is 0 Å². The number of primary amides is 1. The van der Waals surface area contributed by atoms with Crippen LogP contribution >= 0.6 is 11.8 Å². The Bertz CT molecular complexity index is 739. The molecule has 2 aliphatic rings. The van der Waals surface area contributed by atoms with Crippen molar-refractivity contribution in [2.75, 3.05) is 13.7 Å². The van der Waals surface area contributed by atoms with Crippen molar-refractivity contribution in [3.8, 4) is 5.75 Å². The van der Waals surface area contributed by atoms with Crippen LogP contribution in [0.3, 0.4) is 0 Å². The normalized spacial score (nSPS) is 26.8. The Labute approximate surface area is 155 Å². The van der Waals surface area contributed by atoms with Crippen LogP contribution in [0.2, 0.25) is 0 Å². The van der Waals surface area contributed by atoms with E-state index in [9.17, 15) is 9.59 Å². The molecule has 2 amide bonds. The number of hydrogen-bond donors (Lipinski definition) is 3. The van der Waals surface area contributed by atoms with Gasteiger partial charge in [0.1, 0.15) is 10.8 Å². The van der Waals surface area contributed by atoms with Gasteiger partial charge in [0.15, 0.2) is 10.4 Å². The van der Waals surface area contributed by atoms with Gasteiger partial charge in [0.2, 0.25) is 0 Å². The number of methoxy groups -OCH3 is 1. The Kier molecular flexibility index (Phi) is 5.10. The highest BCUT2D eigenvalue weighted by atomic mass is 32.2. The number of thioether (sulfide) groups is 1. The molecule has 1 aromatic rings. The number of hydrazine groups is 1. The van der Waals surface area contributed by atoms with E-state index in [2.05, 4.69) is 10.9 Å². The van der Waals surface area contributed by atoms with E-state index in [1.807, 2.05) is 24.3 Å². The van der Waals surface area contributed by atoms with Crippen LogP contribution in [-0.2, 0) is 9.53 Å². The molecule has 2 unspecified atom stereocenters. The summed E-state index contributed by atoms with van der Waals surface area (Å²) in [5.41, 5.74) is 10.4. The summed E-state index contributed by atoms with van der Waals surface area (Å²) < 4.78 is 9.59. The zero-order valence-corrected chi connectivity index (χ0v) is 15.5. The van der Waals surface area contributed by atoms with Gasteiger partial charge >= 0.3 is 12.0 Å². The monoisotopic (exact) mass is 378 g/mol. The summed E-state index contributed by atoms with van der Waals surface area (Å²) in [6.07, 6.45) is 1.95. The quantitative estimate of drug-likeness (QED) is 0.511. The zero-order valence-electron chi connectivity index (χ0n) is 14.7. The minimum absolute atomic E-state index is 0.276. The van der Waals surface area contributed by atoms with Gasteiger partial charge in [-0.05, 0) is 50.5 Å². The van der Waals surface area contributed by atoms with E-state index < -0.39 is 16.4 Å². The second-order valence-electron chi connectivity index (χ2n) is 6.12. The van der Waals surface area contributed by atoms with E-state index in [1.165, 1.54) is 11.8 Å². The molecule has 2 atom stereocenters. The molecule has 140 valence electrons. The van der Waals surface area contributed by atoms with E-state index in [1.54, 1.807) is 14.0 Å². The number of nitrogens with one attached hydrogen (secondary N) is 2. The summed E-state index contributed by atoms with van der Waals surface area (Å²) in [5.74, 6) is 0.398. The molecule has 1 aromatic carbocycles. The molecule has 26 heavy (non-hydrogen) atoms. The number of carbonyl (C=O) groups excluding carboxylic acids is 2. The Balaban J connectivity index is 1.99. The molecule has 9 heteroatoms. The first-order chi connectivity index (χ1) is 12.5. The van der Waals surface area contributed by atoms with Gasteiger partial charge < -0.3 is 15.2 Å². The Hall–Kier alpha value is -2.26. The lowest BCUT2D eigenvalue weighted by Crippen LogP contribution is -2.64. The van der Waals surface area contributed by atoms with Gasteiger partial charge in [-0.3, -0.25) is 15.2 Å². The van der Waals surface area contributed by atoms with Crippen LogP contribution in [0.25, 0.3) is 0 Å². The highest BCUT2D eigenvalue weighted by Gasteiger charge is 2.66. The predicted octanol–water partition coefficient (Wildman–Crippen LogP) is 1.54. The SMILES string of the molecule is CCOC(=O)C12CCCC1(NNC(N)=O)N=C(c1ccc(OC)cc1)S2. The van der Waals surface area contributed by atoms with Gasteiger partial charge in [-0.1, -0.05) is 11.8 Å². The summed E-state index contributed by atoms with van der Waals surface area (Å²) in [7, 11) is 1.60. The molecule has 0 saturated heterocycles. The Morgan fingerprint density at radius 2 is 2.04 bits per heavy atom. The van der Waals surface area contributed by atoms with Crippen LogP contribution < -0.4 is 21.3 Å². The van der Waals surface area contributed by atoms with Gasteiger partial charge in [-0.2, -0.15) is 0 Å². The van der Waals surface area contributed by atoms with E-state index in [0.29, 0.717) is 17.9 Å². The van der Waals surface area contributed by atoms with Gasteiger partial charge in [-0.15, -0.1) is 0 Å². The van der Waals surface area contributed by atoms with E-state index in [0.717, 1.165) is 17.7 Å². The average molecular weight is 378 g/mol. The van der Waals surface area contributed by atoms with Crippen LogP contribution in [0.15, 0.2) is 29.3 Å². The lowest BCUT2D eigenvalue weighted by Gasteiger charge is -2.35. The zero-order chi connectivity index (χ0) is 18.8. The fourth-order valence-corrected chi connectivity index (χ4v) is 4.96. The molecule has 1 aliphatic carbocycles. The maximum atomic E-state index is 12.9. The minimum atomic E-state index is -0.992. The molecule has 4 N–H and O–H groups in total. The predicted molar refractivity (Wildman–Crippen MR) is 98.9 cm³/mol. The number of nitrogens with zero attached hydrogens (tertiary/aromatic N) is 1. The van der Waals surface area contributed by atoms with Crippen molar-refractivity contribution in [2.24, 2.45) is 10.7 Å². The number of carbonyl (C=O) groups is 2. The number of urea groups is 1. The second-order valence-corrected chi connectivity index (χ2v) is 7.41. The molecule has 0 spiro atoms. The van der Waals surface area contributed by atoms with Crippen molar-refractivity contribution in [1.29, 1.82) is 0 Å². The third kappa shape index (κ3) is 3.01. The number of benzene rings is 1. The summed E-state index contributed by atoms with van der Waals surface area (Å²) in [4.78, 5) is 28.9. The van der Waals surface area contributed by atoms with Crippen LogP contribution in [0.5, 0.6) is 5.75 Å². The third-order valence-corrected chi connectivity index (χ3v) is 6.21. The second kappa shape index (κ2) is 7.16. The number of rotatable bonds is 6. The molecule has 3 rings (SSSR count). The number of fused-ring (bicyclic) bond motifs is 1. The smallest absolute Gasteiger partial charge is 0.326 e. The van der Waals surface area contributed by atoms with Crippen molar-refractivity contribution in [2.45, 2.75) is 36.6 Å². The molecule has 1 fully saturated rings. The first kappa shape index (κ1) is 18.5. The number of nitrogens with two attached hydrogens (primary N) is 1. The molecular weight excluding hydrogens is 356 g/mol. The lowest BCUT2D eigenvalue weighted by atomic mass is 9.96. The standard InChI is InChI=1S/C17H22N4O4S/c1-3-25-14(22)16-9-4-10-17(16,21-20-15(18)23)19-13(26-16)11-5-7-12(24-2)8-6-11/h5-8,21H,3-4,9-10H2,1-2H3,(H3,18,20,23). The third-order valence-electron chi connectivity index (χ3n) is 4.63. The number of ether oxygens (including phenoxy) is 2. The van der Waals surface area contributed by atoms with Crippen molar-refractivity contribution in [3.05, 3.63) is 29.8 Å². The van der Waals surface area contributed by atoms with E-state index in [-0.39, 0.29) is 12.6 Å². The van der Waals surface area contributed by atoms with Crippen LogP contribution in [0.4, 0.5) is 4.79 Å². The average Bonchev–Trinajstić information content (AvgIpc) is 3.14. The first-order valence-electron chi connectivity index (χ1n) is 8.39. The maximum absolute atomic E-state index is 12.9. The van der Waals surface area contributed by atoms with Crippen molar-refractivity contribution in [1.82, 2.24) is 10.9 Å².